The topological polar surface area (TPSA) is 55.6 Å². The SMILES string of the molecule is c1ccc2nc(NCc3nnc4n3CCC4)ccc2c1. The van der Waals surface area contributed by atoms with Crippen molar-refractivity contribution in [2.24, 2.45) is 0 Å². The molecule has 3 aromatic rings. The van der Waals surface area contributed by atoms with Crippen LogP contribution in [0, 0.1) is 0 Å². The van der Waals surface area contributed by atoms with Crippen LogP contribution in [-0.4, -0.2) is 19.7 Å². The Hall–Kier alpha value is -2.43. The molecule has 0 unspecified atom stereocenters. The molecule has 0 fully saturated rings. The molecule has 0 amide bonds. The van der Waals surface area contributed by atoms with Crippen LogP contribution in [0.25, 0.3) is 10.9 Å². The van der Waals surface area contributed by atoms with Gasteiger partial charge < -0.3 is 9.88 Å². The van der Waals surface area contributed by atoms with Crippen LogP contribution in [-0.2, 0) is 19.5 Å². The number of hydrogen-bond acceptors (Lipinski definition) is 4. The lowest BCUT2D eigenvalue weighted by Gasteiger charge is -2.07. The van der Waals surface area contributed by atoms with Gasteiger partial charge in [0.05, 0.1) is 12.1 Å². The Morgan fingerprint density at radius 3 is 3.05 bits per heavy atom. The van der Waals surface area contributed by atoms with Crippen LogP contribution in [0.4, 0.5) is 5.82 Å². The molecule has 1 N–H and O–H groups in total. The lowest BCUT2D eigenvalue weighted by Crippen LogP contribution is -2.08. The number of benzene rings is 1. The molecule has 0 spiro atoms. The highest BCUT2D eigenvalue weighted by Gasteiger charge is 2.16. The van der Waals surface area contributed by atoms with E-state index in [4.69, 9.17) is 0 Å². The molecule has 4 rings (SSSR count). The van der Waals surface area contributed by atoms with Crippen LogP contribution < -0.4 is 5.32 Å². The number of aromatic nitrogens is 4. The summed E-state index contributed by atoms with van der Waals surface area (Å²) >= 11 is 0. The average molecular weight is 265 g/mol. The van der Waals surface area contributed by atoms with Crippen LogP contribution in [0.3, 0.4) is 0 Å². The minimum Gasteiger partial charge on any atom is -0.363 e. The van der Waals surface area contributed by atoms with Crippen molar-refractivity contribution >= 4 is 16.7 Å². The number of fused-ring (bicyclic) bond motifs is 2. The highest BCUT2D eigenvalue weighted by molar-refractivity contribution is 5.79. The molecule has 100 valence electrons. The van der Waals surface area contributed by atoms with E-state index in [1.165, 1.54) is 6.42 Å². The fourth-order valence-corrected chi connectivity index (χ4v) is 2.68. The molecule has 0 saturated heterocycles. The Bertz CT molecular complexity index is 762. The van der Waals surface area contributed by atoms with Crippen LogP contribution in [0.1, 0.15) is 18.1 Å². The van der Waals surface area contributed by atoms with Gasteiger partial charge in [0.2, 0.25) is 0 Å². The maximum absolute atomic E-state index is 4.60. The molecule has 5 nitrogen and oxygen atoms in total. The zero-order valence-electron chi connectivity index (χ0n) is 11.1. The molecule has 1 aliphatic heterocycles. The Kier molecular flexibility index (Phi) is 2.62. The van der Waals surface area contributed by atoms with Crippen LogP contribution >= 0.6 is 0 Å². The lowest BCUT2D eigenvalue weighted by molar-refractivity contribution is 0.695. The molecule has 0 saturated carbocycles. The number of nitrogens with one attached hydrogen (secondary N) is 1. The quantitative estimate of drug-likeness (QED) is 0.790. The summed E-state index contributed by atoms with van der Waals surface area (Å²) in [6, 6.07) is 12.2. The fourth-order valence-electron chi connectivity index (χ4n) is 2.68. The molecule has 0 aliphatic carbocycles. The number of anilines is 1. The molecule has 1 aromatic carbocycles. The summed E-state index contributed by atoms with van der Waals surface area (Å²) in [5.41, 5.74) is 1.00. The van der Waals surface area contributed by atoms with E-state index in [9.17, 15) is 0 Å². The molecular weight excluding hydrogens is 250 g/mol. The molecule has 3 heterocycles. The minimum atomic E-state index is 0.665. The standard InChI is InChI=1S/C15H15N5/c1-2-5-12-11(4-1)7-8-13(17-12)16-10-15-19-18-14-6-3-9-20(14)15/h1-2,4-5,7-8H,3,6,9-10H2,(H,16,17). The van der Waals surface area contributed by atoms with E-state index in [1.807, 2.05) is 24.3 Å². The smallest absolute Gasteiger partial charge is 0.152 e. The first-order valence-electron chi connectivity index (χ1n) is 6.91. The molecule has 20 heavy (non-hydrogen) atoms. The summed E-state index contributed by atoms with van der Waals surface area (Å²) in [4.78, 5) is 4.60. The van der Waals surface area contributed by atoms with E-state index in [2.05, 4.69) is 37.2 Å². The third-order valence-corrected chi connectivity index (χ3v) is 3.71. The third kappa shape index (κ3) is 1.91. The average Bonchev–Trinajstić information content (AvgIpc) is 3.08. The minimum absolute atomic E-state index is 0.665. The van der Waals surface area contributed by atoms with Gasteiger partial charge in [-0.3, -0.25) is 0 Å². The van der Waals surface area contributed by atoms with Crippen LogP contribution in [0.15, 0.2) is 36.4 Å². The second-order valence-corrected chi connectivity index (χ2v) is 5.03. The maximum Gasteiger partial charge on any atom is 0.152 e. The highest BCUT2D eigenvalue weighted by atomic mass is 15.3. The van der Waals surface area contributed by atoms with E-state index in [1.54, 1.807) is 0 Å². The molecule has 2 aromatic heterocycles. The molecular formula is C15H15N5. The summed E-state index contributed by atoms with van der Waals surface area (Å²) in [7, 11) is 0. The van der Waals surface area contributed by atoms with Crippen molar-refractivity contribution in [3.63, 3.8) is 0 Å². The predicted octanol–water partition coefficient (Wildman–Crippen LogP) is 2.38. The normalized spacial score (nSPS) is 13.6. The highest BCUT2D eigenvalue weighted by Crippen LogP contribution is 2.17. The van der Waals surface area contributed by atoms with Gasteiger partial charge in [0.15, 0.2) is 5.82 Å². The zero-order chi connectivity index (χ0) is 13.4. The van der Waals surface area contributed by atoms with E-state index in [0.717, 1.165) is 41.3 Å². The molecule has 0 radical (unpaired) electrons. The van der Waals surface area contributed by atoms with Crippen molar-refractivity contribution in [3.8, 4) is 0 Å². The van der Waals surface area contributed by atoms with Crippen molar-refractivity contribution in [2.45, 2.75) is 25.9 Å². The fraction of sp³-hybridized carbons (Fsp3) is 0.267. The van der Waals surface area contributed by atoms with Crippen molar-refractivity contribution in [3.05, 3.63) is 48.0 Å². The second kappa shape index (κ2) is 4.59. The summed E-state index contributed by atoms with van der Waals surface area (Å²) < 4.78 is 2.20. The number of aryl methyl sites for hydroxylation is 1. The third-order valence-electron chi connectivity index (χ3n) is 3.71. The van der Waals surface area contributed by atoms with Crippen LogP contribution in [0.5, 0.6) is 0 Å². The predicted molar refractivity (Wildman–Crippen MR) is 77.4 cm³/mol. The van der Waals surface area contributed by atoms with Gasteiger partial charge in [0.25, 0.3) is 0 Å². The van der Waals surface area contributed by atoms with Gasteiger partial charge >= 0.3 is 0 Å². The largest absolute Gasteiger partial charge is 0.363 e. The number of para-hydroxylation sites is 1. The first-order valence-corrected chi connectivity index (χ1v) is 6.91. The summed E-state index contributed by atoms with van der Waals surface area (Å²) in [6.07, 6.45) is 2.22. The molecule has 1 aliphatic rings. The number of nitrogens with zero attached hydrogens (tertiary/aromatic N) is 4. The van der Waals surface area contributed by atoms with Gasteiger partial charge in [-0.1, -0.05) is 18.2 Å². The van der Waals surface area contributed by atoms with Crippen LogP contribution in [0.2, 0.25) is 0 Å². The first kappa shape index (κ1) is 11.4. The van der Waals surface area contributed by atoms with E-state index in [0.29, 0.717) is 6.54 Å². The van der Waals surface area contributed by atoms with Gasteiger partial charge in [-0.15, -0.1) is 10.2 Å². The summed E-state index contributed by atoms with van der Waals surface area (Å²) in [5.74, 6) is 2.97. The van der Waals surface area contributed by atoms with E-state index in [-0.39, 0.29) is 0 Å². The Morgan fingerprint density at radius 1 is 1.10 bits per heavy atom. The van der Waals surface area contributed by atoms with Gasteiger partial charge in [-0.25, -0.2) is 4.98 Å². The van der Waals surface area contributed by atoms with Gasteiger partial charge in [0.1, 0.15) is 11.6 Å². The maximum atomic E-state index is 4.60. The van der Waals surface area contributed by atoms with Crippen molar-refractivity contribution in [1.29, 1.82) is 0 Å². The van der Waals surface area contributed by atoms with Gasteiger partial charge in [-0.05, 0) is 24.6 Å². The number of pyridine rings is 1. The first-order chi connectivity index (χ1) is 9.90. The van der Waals surface area contributed by atoms with Crippen molar-refractivity contribution < 1.29 is 0 Å². The number of rotatable bonds is 3. The molecule has 0 atom stereocenters. The monoisotopic (exact) mass is 265 g/mol. The van der Waals surface area contributed by atoms with E-state index < -0.39 is 0 Å². The Labute approximate surface area is 116 Å². The summed E-state index contributed by atoms with van der Waals surface area (Å²) in [6.45, 7) is 1.70. The zero-order valence-corrected chi connectivity index (χ0v) is 11.1. The number of hydrogen-bond donors (Lipinski definition) is 1. The van der Waals surface area contributed by atoms with Gasteiger partial charge in [-0.2, -0.15) is 0 Å². The Morgan fingerprint density at radius 2 is 2.05 bits per heavy atom. The van der Waals surface area contributed by atoms with Crippen molar-refractivity contribution in [2.75, 3.05) is 5.32 Å². The summed E-state index contributed by atoms with van der Waals surface area (Å²) in [5, 5.41) is 12.9. The molecule has 0 bridgehead atoms. The Balaban J connectivity index is 1.55. The van der Waals surface area contributed by atoms with E-state index >= 15 is 0 Å². The van der Waals surface area contributed by atoms with Crippen molar-refractivity contribution in [1.82, 2.24) is 19.7 Å². The molecule has 5 heteroatoms. The lowest BCUT2D eigenvalue weighted by atomic mass is 10.2. The van der Waals surface area contributed by atoms with Gasteiger partial charge in [0, 0.05) is 18.4 Å². The second-order valence-electron chi connectivity index (χ2n) is 5.03.